The molecule has 3 heteroatoms. The second-order valence-electron chi connectivity index (χ2n) is 3.09. The van der Waals surface area contributed by atoms with Crippen LogP contribution in [0.4, 0.5) is 8.78 Å². The Morgan fingerprint density at radius 3 is 2.75 bits per heavy atom. The molecule has 1 N–H and O–H groups in total. The molecule has 1 aliphatic carbocycles. The van der Waals surface area contributed by atoms with Crippen molar-refractivity contribution in [1.29, 1.82) is 0 Å². The fraction of sp³-hybridized carbons (Fsp3) is 0.333. The first-order chi connectivity index (χ1) is 5.66. The van der Waals surface area contributed by atoms with E-state index in [1.54, 1.807) is 0 Å². The molecule has 1 aliphatic rings. The molecular formula is C9H8F2O. The van der Waals surface area contributed by atoms with E-state index in [-0.39, 0.29) is 0 Å². The molecule has 0 radical (unpaired) electrons. The van der Waals surface area contributed by atoms with Crippen LogP contribution in [0.5, 0.6) is 0 Å². The minimum absolute atomic E-state index is 0.307. The Hall–Kier alpha value is -0.960. The predicted octanol–water partition coefficient (Wildman–Crippen LogP) is 1.42. The molecule has 0 heterocycles. The summed E-state index contributed by atoms with van der Waals surface area (Å²) in [7, 11) is 0. The summed E-state index contributed by atoms with van der Waals surface area (Å²) in [4.78, 5) is 0. The van der Waals surface area contributed by atoms with Gasteiger partial charge >= 0.3 is 0 Å². The highest BCUT2D eigenvalue weighted by Gasteiger charge is 2.23. The van der Waals surface area contributed by atoms with E-state index in [0.717, 1.165) is 6.07 Å². The summed E-state index contributed by atoms with van der Waals surface area (Å²) >= 11 is 0. The number of hydrogen-bond donors (Lipinski definition) is 1. The van der Waals surface area contributed by atoms with Crippen LogP contribution in [0.1, 0.15) is 11.1 Å². The van der Waals surface area contributed by atoms with Crippen molar-refractivity contribution in [2.24, 2.45) is 0 Å². The van der Waals surface area contributed by atoms with Gasteiger partial charge in [0.15, 0.2) is 0 Å². The summed E-state index contributed by atoms with van der Waals surface area (Å²) in [5, 5.41) is 9.18. The van der Waals surface area contributed by atoms with Gasteiger partial charge in [0.05, 0.1) is 6.10 Å². The standard InChI is InChI=1S/C9H8F2O/c10-6-1-5-2-7(12)4-8(5)9(11)3-6/h1,3,7,12H,2,4H2. The maximum Gasteiger partial charge on any atom is 0.129 e. The van der Waals surface area contributed by atoms with Crippen LogP contribution in [0.15, 0.2) is 12.1 Å². The molecular weight excluding hydrogens is 162 g/mol. The molecule has 12 heavy (non-hydrogen) atoms. The lowest BCUT2D eigenvalue weighted by atomic mass is 10.1. The molecule has 1 nitrogen and oxygen atoms in total. The molecule has 1 aromatic rings. The fourth-order valence-corrected chi connectivity index (χ4v) is 1.63. The van der Waals surface area contributed by atoms with Gasteiger partial charge in [-0.25, -0.2) is 8.78 Å². The third kappa shape index (κ3) is 1.10. The van der Waals surface area contributed by atoms with Crippen LogP contribution in [0, 0.1) is 11.6 Å². The number of aliphatic hydroxyl groups excluding tert-OH is 1. The molecule has 0 saturated heterocycles. The van der Waals surface area contributed by atoms with Gasteiger partial charge in [-0.15, -0.1) is 0 Å². The van der Waals surface area contributed by atoms with Crippen LogP contribution in [-0.2, 0) is 12.8 Å². The predicted molar refractivity (Wildman–Crippen MR) is 39.8 cm³/mol. The van der Waals surface area contributed by atoms with E-state index in [0.29, 0.717) is 24.0 Å². The number of halogens is 2. The minimum Gasteiger partial charge on any atom is -0.392 e. The van der Waals surface area contributed by atoms with Crippen molar-refractivity contribution >= 4 is 0 Å². The lowest BCUT2D eigenvalue weighted by Crippen LogP contribution is -2.03. The highest BCUT2D eigenvalue weighted by molar-refractivity contribution is 5.34. The molecule has 0 aliphatic heterocycles. The topological polar surface area (TPSA) is 20.2 Å². The number of rotatable bonds is 0. The Morgan fingerprint density at radius 2 is 2.00 bits per heavy atom. The molecule has 0 aromatic heterocycles. The summed E-state index contributed by atoms with van der Waals surface area (Å²) in [6, 6.07) is 2.14. The van der Waals surface area contributed by atoms with Crippen LogP contribution in [0.3, 0.4) is 0 Å². The van der Waals surface area contributed by atoms with Crippen molar-refractivity contribution in [3.8, 4) is 0 Å². The Bertz CT molecular complexity index is 323. The lowest BCUT2D eigenvalue weighted by molar-refractivity contribution is 0.186. The Kier molecular flexibility index (Phi) is 1.61. The van der Waals surface area contributed by atoms with Gasteiger partial charge in [0, 0.05) is 12.5 Å². The minimum atomic E-state index is -0.569. The first kappa shape index (κ1) is 7.68. The van der Waals surface area contributed by atoms with E-state index in [2.05, 4.69) is 0 Å². The Labute approximate surface area is 68.6 Å². The number of fused-ring (bicyclic) bond motifs is 1. The largest absolute Gasteiger partial charge is 0.392 e. The lowest BCUT2D eigenvalue weighted by Gasteiger charge is -1.99. The molecule has 0 spiro atoms. The van der Waals surface area contributed by atoms with Crippen molar-refractivity contribution in [1.82, 2.24) is 0 Å². The number of aliphatic hydroxyl groups is 1. The summed E-state index contributed by atoms with van der Waals surface area (Å²) in [6.07, 6.45) is 0.127. The zero-order valence-corrected chi connectivity index (χ0v) is 6.35. The molecule has 1 atom stereocenters. The average molecular weight is 170 g/mol. The highest BCUT2D eigenvalue weighted by atomic mass is 19.1. The molecule has 64 valence electrons. The van der Waals surface area contributed by atoms with E-state index in [1.807, 2.05) is 0 Å². The van der Waals surface area contributed by atoms with Crippen molar-refractivity contribution in [3.63, 3.8) is 0 Å². The summed E-state index contributed by atoms with van der Waals surface area (Å²) in [6.45, 7) is 0. The van der Waals surface area contributed by atoms with Gasteiger partial charge in [-0.05, 0) is 23.6 Å². The summed E-state index contributed by atoms with van der Waals surface area (Å²) < 4.78 is 25.6. The zero-order chi connectivity index (χ0) is 8.72. The molecule has 0 amide bonds. The first-order valence-corrected chi connectivity index (χ1v) is 3.81. The average Bonchev–Trinajstić information content (AvgIpc) is 2.29. The van der Waals surface area contributed by atoms with E-state index in [9.17, 15) is 13.9 Å². The van der Waals surface area contributed by atoms with E-state index >= 15 is 0 Å². The van der Waals surface area contributed by atoms with Gasteiger partial charge in [0.1, 0.15) is 11.6 Å². The van der Waals surface area contributed by atoms with Gasteiger partial charge in [0.25, 0.3) is 0 Å². The van der Waals surface area contributed by atoms with Crippen LogP contribution >= 0.6 is 0 Å². The van der Waals surface area contributed by atoms with Crippen molar-refractivity contribution in [2.75, 3.05) is 0 Å². The smallest absolute Gasteiger partial charge is 0.129 e. The fourth-order valence-electron chi connectivity index (χ4n) is 1.63. The monoisotopic (exact) mass is 170 g/mol. The van der Waals surface area contributed by atoms with Gasteiger partial charge in [0.2, 0.25) is 0 Å². The second kappa shape index (κ2) is 2.52. The van der Waals surface area contributed by atoms with Crippen LogP contribution in [0.25, 0.3) is 0 Å². The molecule has 0 fully saturated rings. The third-order valence-electron chi connectivity index (χ3n) is 2.15. The first-order valence-electron chi connectivity index (χ1n) is 3.81. The van der Waals surface area contributed by atoms with Gasteiger partial charge in [-0.3, -0.25) is 0 Å². The van der Waals surface area contributed by atoms with Crippen LogP contribution < -0.4 is 0 Å². The number of hydrogen-bond acceptors (Lipinski definition) is 1. The van der Waals surface area contributed by atoms with E-state index < -0.39 is 17.7 Å². The second-order valence-corrected chi connectivity index (χ2v) is 3.09. The molecule has 1 unspecified atom stereocenters. The molecule has 0 saturated carbocycles. The summed E-state index contributed by atoms with van der Waals surface area (Å²) in [5.41, 5.74) is 1.06. The van der Waals surface area contributed by atoms with Crippen molar-refractivity contribution in [3.05, 3.63) is 34.9 Å². The maximum absolute atomic E-state index is 13.0. The Balaban J connectivity index is 2.52. The molecule has 0 bridgehead atoms. The zero-order valence-electron chi connectivity index (χ0n) is 6.35. The normalized spacial score (nSPS) is 21.1. The summed E-state index contributed by atoms with van der Waals surface area (Å²) in [5.74, 6) is -1.11. The van der Waals surface area contributed by atoms with E-state index in [1.165, 1.54) is 6.07 Å². The third-order valence-corrected chi connectivity index (χ3v) is 2.15. The van der Waals surface area contributed by atoms with Crippen molar-refractivity contribution in [2.45, 2.75) is 18.9 Å². The highest BCUT2D eigenvalue weighted by Crippen LogP contribution is 2.25. The van der Waals surface area contributed by atoms with Gasteiger partial charge in [-0.2, -0.15) is 0 Å². The van der Waals surface area contributed by atoms with Crippen LogP contribution in [0.2, 0.25) is 0 Å². The van der Waals surface area contributed by atoms with Crippen LogP contribution in [-0.4, -0.2) is 11.2 Å². The maximum atomic E-state index is 13.0. The SMILES string of the molecule is OC1Cc2cc(F)cc(F)c2C1. The molecule has 2 rings (SSSR count). The number of benzene rings is 1. The van der Waals surface area contributed by atoms with E-state index in [4.69, 9.17) is 0 Å². The molecule has 1 aromatic carbocycles. The van der Waals surface area contributed by atoms with Gasteiger partial charge in [-0.1, -0.05) is 0 Å². The quantitative estimate of drug-likeness (QED) is 0.624. The van der Waals surface area contributed by atoms with Gasteiger partial charge < -0.3 is 5.11 Å². The van der Waals surface area contributed by atoms with Crippen molar-refractivity contribution < 1.29 is 13.9 Å². The Morgan fingerprint density at radius 1 is 1.25 bits per heavy atom.